The van der Waals surface area contributed by atoms with Crippen LogP contribution in [0.25, 0.3) is 0 Å². The molecule has 0 amide bonds. The Morgan fingerprint density at radius 2 is 1.33 bits per heavy atom. The van der Waals surface area contributed by atoms with Crippen LogP contribution in [0.1, 0.15) is 37.2 Å². The van der Waals surface area contributed by atoms with E-state index in [0.29, 0.717) is 18.7 Å². The molecule has 0 aliphatic carbocycles. The molecule has 2 aromatic carbocycles. The van der Waals surface area contributed by atoms with E-state index in [1.807, 2.05) is 13.8 Å². The maximum absolute atomic E-state index is 9.73. The second kappa shape index (κ2) is 11.4. The zero-order valence-corrected chi connectivity index (χ0v) is 15.9. The van der Waals surface area contributed by atoms with Crippen molar-refractivity contribution in [1.29, 1.82) is 0 Å². The largest absolute Gasteiger partial charge is 0.508 e. The van der Waals surface area contributed by atoms with Crippen LogP contribution >= 0.6 is 0 Å². The minimum atomic E-state index is -0.731. The maximum Gasteiger partial charge on any atom is 0.119 e. The third-order valence-corrected chi connectivity index (χ3v) is 3.68. The molecule has 0 heterocycles. The lowest BCUT2D eigenvalue weighted by Crippen LogP contribution is -2.27. The van der Waals surface area contributed by atoms with Crippen LogP contribution in [0.3, 0.4) is 0 Å². The van der Waals surface area contributed by atoms with E-state index < -0.39 is 12.2 Å². The van der Waals surface area contributed by atoms with Gasteiger partial charge in [-0.05, 0) is 42.4 Å². The van der Waals surface area contributed by atoms with Gasteiger partial charge in [-0.3, -0.25) is 0 Å². The molecule has 7 heteroatoms. The Balaban J connectivity index is 0.000000277. The topological polar surface area (TPSA) is 125 Å². The summed E-state index contributed by atoms with van der Waals surface area (Å²) in [6.45, 7) is 4.84. The van der Waals surface area contributed by atoms with Gasteiger partial charge >= 0.3 is 0 Å². The summed E-state index contributed by atoms with van der Waals surface area (Å²) in [6, 6.07) is 11.0. The molecular formula is C20H30N2O5. The van der Waals surface area contributed by atoms with Crippen molar-refractivity contribution in [3.8, 4) is 17.2 Å². The summed E-state index contributed by atoms with van der Waals surface area (Å²) in [5.74, 6) is 0.0878. The van der Waals surface area contributed by atoms with Crippen molar-refractivity contribution >= 4 is 0 Å². The van der Waals surface area contributed by atoms with E-state index in [1.54, 1.807) is 31.3 Å². The molecule has 0 aromatic heterocycles. The zero-order chi connectivity index (χ0) is 20.4. The molecule has 0 aliphatic rings. The van der Waals surface area contributed by atoms with E-state index in [0.717, 1.165) is 5.56 Å². The molecular weight excluding hydrogens is 348 g/mol. The predicted octanol–water partition coefficient (Wildman–Crippen LogP) is 1.77. The lowest BCUT2D eigenvalue weighted by atomic mass is 10.1. The van der Waals surface area contributed by atoms with Crippen molar-refractivity contribution in [2.45, 2.75) is 32.1 Å². The van der Waals surface area contributed by atoms with Crippen LogP contribution < -0.4 is 10.6 Å². The van der Waals surface area contributed by atoms with Gasteiger partial charge in [0.05, 0.1) is 12.2 Å². The van der Waals surface area contributed by atoms with E-state index in [9.17, 15) is 20.4 Å². The Morgan fingerprint density at radius 1 is 0.778 bits per heavy atom. The molecule has 150 valence electrons. The number of phenols is 3. The van der Waals surface area contributed by atoms with Crippen LogP contribution in [0.5, 0.6) is 17.2 Å². The summed E-state index contributed by atoms with van der Waals surface area (Å²) in [7, 11) is 1.77. The lowest BCUT2D eigenvalue weighted by Gasteiger charge is -2.14. The van der Waals surface area contributed by atoms with Crippen LogP contribution in [0, 0.1) is 0 Å². The summed E-state index contributed by atoms with van der Waals surface area (Å²) >= 11 is 0. The summed E-state index contributed by atoms with van der Waals surface area (Å²) in [4.78, 5) is 0. The van der Waals surface area contributed by atoms with Crippen LogP contribution in [0.15, 0.2) is 42.5 Å². The fourth-order valence-electron chi connectivity index (χ4n) is 2.32. The van der Waals surface area contributed by atoms with Crippen molar-refractivity contribution in [2.24, 2.45) is 0 Å². The van der Waals surface area contributed by atoms with Crippen molar-refractivity contribution in [2.75, 3.05) is 20.1 Å². The zero-order valence-electron chi connectivity index (χ0n) is 15.9. The van der Waals surface area contributed by atoms with Crippen molar-refractivity contribution in [1.82, 2.24) is 10.6 Å². The van der Waals surface area contributed by atoms with Crippen molar-refractivity contribution in [3.05, 3.63) is 53.6 Å². The average molecular weight is 378 g/mol. The van der Waals surface area contributed by atoms with Crippen LogP contribution in [0.2, 0.25) is 0 Å². The predicted molar refractivity (Wildman–Crippen MR) is 105 cm³/mol. The Bertz CT molecular complexity index is 674. The second-order valence-corrected chi connectivity index (χ2v) is 6.53. The van der Waals surface area contributed by atoms with Gasteiger partial charge in [-0.15, -0.1) is 0 Å². The van der Waals surface area contributed by atoms with E-state index in [2.05, 4.69) is 10.6 Å². The second-order valence-electron chi connectivity index (χ2n) is 6.53. The Labute approximate surface area is 159 Å². The Kier molecular flexibility index (Phi) is 9.60. The Morgan fingerprint density at radius 3 is 1.85 bits per heavy atom. The van der Waals surface area contributed by atoms with Crippen molar-refractivity contribution < 1.29 is 25.5 Å². The number of hydrogen-bond donors (Lipinski definition) is 7. The highest BCUT2D eigenvalue weighted by Crippen LogP contribution is 2.24. The highest BCUT2D eigenvalue weighted by Gasteiger charge is 2.10. The number of aliphatic hydroxyl groups excluding tert-OH is 2. The first kappa shape index (κ1) is 22.7. The van der Waals surface area contributed by atoms with E-state index >= 15 is 0 Å². The van der Waals surface area contributed by atoms with Crippen molar-refractivity contribution in [3.63, 3.8) is 0 Å². The van der Waals surface area contributed by atoms with E-state index in [4.69, 9.17) is 5.11 Å². The number of hydrogen-bond acceptors (Lipinski definition) is 7. The monoisotopic (exact) mass is 378 g/mol. The highest BCUT2D eigenvalue weighted by molar-refractivity contribution is 5.37. The highest BCUT2D eigenvalue weighted by atomic mass is 16.3. The third kappa shape index (κ3) is 8.74. The molecule has 0 saturated heterocycles. The number of nitrogens with one attached hydrogen (secondary N) is 2. The first-order valence-corrected chi connectivity index (χ1v) is 8.78. The van der Waals surface area contributed by atoms with E-state index in [-0.39, 0.29) is 23.3 Å². The molecule has 0 aliphatic heterocycles. The van der Waals surface area contributed by atoms with E-state index in [1.165, 1.54) is 18.2 Å². The number of aliphatic hydroxyl groups is 2. The first-order valence-electron chi connectivity index (χ1n) is 8.78. The minimum absolute atomic E-state index is 0.0476. The minimum Gasteiger partial charge on any atom is -0.508 e. The number of aromatic hydroxyl groups is 3. The molecule has 0 spiro atoms. The molecule has 0 fully saturated rings. The smallest absolute Gasteiger partial charge is 0.119 e. The van der Waals surface area contributed by atoms with Gasteiger partial charge in [0, 0.05) is 25.2 Å². The third-order valence-electron chi connectivity index (χ3n) is 3.68. The standard InChI is InChI=1S/C11H17NO3.C9H13NO2/c1-7(2)12-6-11(15)8-3-9(13)5-10(14)4-8;1-10-6-9(12)7-3-2-4-8(11)5-7/h3-5,7,11-15H,6H2,1-2H3;2-5,9-12H,6H2,1H3/t;9-/m.0/s1. The molecule has 0 radical (unpaired) electrons. The Hall–Kier alpha value is -2.32. The fourth-order valence-corrected chi connectivity index (χ4v) is 2.32. The van der Waals surface area contributed by atoms with Gasteiger partial charge in [-0.1, -0.05) is 26.0 Å². The molecule has 2 atom stereocenters. The molecule has 7 nitrogen and oxygen atoms in total. The lowest BCUT2D eigenvalue weighted by molar-refractivity contribution is 0.171. The number of benzene rings is 2. The SMILES string of the molecule is CC(C)NCC(O)c1cc(O)cc(O)c1.CNC[C@H](O)c1cccc(O)c1. The molecule has 27 heavy (non-hydrogen) atoms. The van der Waals surface area contributed by atoms with Gasteiger partial charge in [0.1, 0.15) is 17.2 Å². The van der Waals surface area contributed by atoms with Gasteiger partial charge in [0.2, 0.25) is 0 Å². The fraction of sp³-hybridized carbons (Fsp3) is 0.400. The molecule has 1 unspecified atom stereocenters. The van der Waals surface area contributed by atoms with Gasteiger partial charge < -0.3 is 36.2 Å². The molecule has 0 saturated carbocycles. The van der Waals surface area contributed by atoms with Gasteiger partial charge in [-0.25, -0.2) is 0 Å². The number of likely N-dealkylation sites (N-methyl/N-ethyl adjacent to an activating group) is 1. The summed E-state index contributed by atoms with van der Waals surface area (Å²) < 4.78 is 0. The normalized spacial score (nSPS) is 13.0. The first-order chi connectivity index (χ1) is 12.7. The maximum atomic E-state index is 9.73. The quantitative estimate of drug-likeness (QED) is 0.392. The summed E-state index contributed by atoms with van der Waals surface area (Å²) in [6.07, 6.45) is -1.28. The average Bonchev–Trinajstić information content (AvgIpc) is 2.59. The van der Waals surface area contributed by atoms with Gasteiger partial charge in [0.15, 0.2) is 0 Å². The molecule has 2 aromatic rings. The molecule has 7 N–H and O–H groups in total. The van der Waals surface area contributed by atoms with Crippen LogP contribution in [0.4, 0.5) is 0 Å². The summed E-state index contributed by atoms with van der Waals surface area (Å²) in [5.41, 5.74) is 1.23. The van der Waals surface area contributed by atoms with Crippen LogP contribution in [-0.4, -0.2) is 51.7 Å². The number of phenolic OH excluding ortho intramolecular Hbond substituents is 3. The van der Waals surface area contributed by atoms with Gasteiger partial charge in [-0.2, -0.15) is 0 Å². The molecule has 0 bridgehead atoms. The molecule has 2 rings (SSSR count). The van der Waals surface area contributed by atoms with Crippen LogP contribution in [-0.2, 0) is 0 Å². The summed E-state index contributed by atoms with van der Waals surface area (Å²) in [5, 5.41) is 52.7. The van der Waals surface area contributed by atoms with Gasteiger partial charge in [0.25, 0.3) is 0 Å². The number of rotatable bonds is 7.